The zero-order valence-electron chi connectivity index (χ0n) is 12.1. The minimum absolute atomic E-state index is 0.138. The molecule has 1 aromatic heterocycles. The van der Waals surface area contributed by atoms with E-state index in [1.165, 1.54) is 23.9 Å². The van der Waals surface area contributed by atoms with E-state index in [0.717, 1.165) is 0 Å². The molecule has 0 radical (unpaired) electrons. The van der Waals surface area contributed by atoms with Crippen LogP contribution < -0.4 is 5.43 Å². The highest BCUT2D eigenvalue weighted by molar-refractivity contribution is 6.31. The fourth-order valence-corrected chi connectivity index (χ4v) is 2.23. The summed E-state index contributed by atoms with van der Waals surface area (Å²) in [6.07, 6.45) is 1.30. The number of esters is 2. The van der Waals surface area contributed by atoms with Crippen molar-refractivity contribution < 1.29 is 19.1 Å². The Bertz CT molecular complexity index is 796. The molecular formula is C15H14ClNO5. The number of carbonyl (C=O) groups excluding carboxylic acids is 2. The smallest absolute Gasteiger partial charge is 0.343 e. The highest BCUT2D eigenvalue weighted by Crippen LogP contribution is 2.18. The second-order valence-corrected chi connectivity index (χ2v) is 4.89. The standard InChI is InChI=1S/C15H14ClNO5/c1-3-22-15(20)11-7-17(8-13(18)21-2)12-5-4-9(16)6-10(12)14(11)19/h4-7H,3,8H2,1-2H3. The van der Waals surface area contributed by atoms with Gasteiger partial charge >= 0.3 is 11.9 Å². The van der Waals surface area contributed by atoms with Gasteiger partial charge in [0.15, 0.2) is 0 Å². The van der Waals surface area contributed by atoms with E-state index in [2.05, 4.69) is 4.74 Å². The molecule has 116 valence electrons. The van der Waals surface area contributed by atoms with Crippen molar-refractivity contribution in [2.45, 2.75) is 13.5 Å². The van der Waals surface area contributed by atoms with Gasteiger partial charge in [-0.25, -0.2) is 4.79 Å². The summed E-state index contributed by atoms with van der Waals surface area (Å²) < 4.78 is 11.0. The van der Waals surface area contributed by atoms with Crippen LogP contribution in [-0.4, -0.2) is 30.2 Å². The van der Waals surface area contributed by atoms with Gasteiger partial charge in [0, 0.05) is 16.6 Å². The summed E-state index contributed by atoms with van der Waals surface area (Å²) in [5.41, 5.74) is -0.162. The minimum Gasteiger partial charge on any atom is -0.468 e. The lowest BCUT2D eigenvalue weighted by atomic mass is 10.1. The molecule has 0 aliphatic carbocycles. The maximum Gasteiger partial charge on any atom is 0.343 e. The van der Waals surface area contributed by atoms with Gasteiger partial charge in [0.25, 0.3) is 0 Å². The van der Waals surface area contributed by atoms with Crippen molar-refractivity contribution >= 4 is 34.4 Å². The highest BCUT2D eigenvalue weighted by atomic mass is 35.5. The van der Waals surface area contributed by atoms with Gasteiger partial charge in [-0.1, -0.05) is 11.6 Å². The van der Waals surface area contributed by atoms with Gasteiger partial charge in [-0.2, -0.15) is 0 Å². The normalized spacial score (nSPS) is 10.5. The van der Waals surface area contributed by atoms with Crippen LogP contribution in [0.4, 0.5) is 0 Å². The SMILES string of the molecule is CCOC(=O)c1cn(CC(=O)OC)c2ccc(Cl)cc2c1=O. The van der Waals surface area contributed by atoms with Crippen LogP contribution in [0.3, 0.4) is 0 Å². The van der Waals surface area contributed by atoms with Gasteiger partial charge in [0.1, 0.15) is 12.1 Å². The molecule has 0 spiro atoms. The van der Waals surface area contributed by atoms with Crippen molar-refractivity contribution in [3.05, 3.63) is 45.2 Å². The fourth-order valence-electron chi connectivity index (χ4n) is 2.06. The number of rotatable bonds is 4. The Morgan fingerprint density at radius 1 is 1.32 bits per heavy atom. The number of nitrogens with zero attached hydrogens (tertiary/aromatic N) is 1. The average Bonchev–Trinajstić information content (AvgIpc) is 2.50. The second kappa shape index (κ2) is 6.62. The Morgan fingerprint density at radius 2 is 2.05 bits per heavy atom. The Morgan fingerprint density at radius 3 is 2.68 bits per heavy atom. The molecule has 0 atom stereocenters. The molecule has 22 heavy (non-hydrogen) atoms. The van der Waals surface area contributed by atoms with Gasteiger partial charge in [0.2, 0.25) is 5.43 Å². The van der Waals surface area contributed by atoms with E-state index in [1.807, 2.05) is 0 Å². The third kappa shape index (κ3) is 3.12. The van der Waals surface area contributed by atoms with Crippen LogP contribution >= 0.6 is 11.6 Å². The molecular weight excluding hydrogens is 310 g/mol. The summed E-state index contributed by atoms with van der Waals surface area (Å²) in [5.74, 6) is -1.25. The van der Waals surface area contributed by atoms with E-state index in [-0.39, 0.29) is 24.1 Å². The Labute approximate surface area is 131 Å². The number of pyridine rings is 1. The zero-order chi connectivity index (χ0) is 16.3. The first-order valence-corrected chi connectivity index (χ1v) is 6.92. The molecule has 7 heteroatoms. The summed E-state index contributed by atoms with van der Waals surface area (Å²) in [5, 5.41) is 0.595. The van der Waals surface area contributed by atoms with Gasteiger partial charge in [-0.15, -0.1) is 0 Å². The molecule has 0 bridgehead atoms. The third-order valence-corrected chi connectivity index (χ3v) is 3.30. The van der Waals surface area contributed by atoms with Crippen molar-refractivity contribution in [1.29, 1.82) is 0 Å². The summed E-state index contributed by atoms with van der Waals surface area (Å²) >= 11 is 5.91. The maximum absolute atomic E-state index is 12.4. The van der Waals surface area contributed by atoms with Crippen LogP contribution in [0.2, 0.25) is 5.02 Å². The average molecular weight is 324 g/mol. The van der Waals surface area contributed by atoms with Crippen LogP contribution in [0, 0.1) is 0 Å². The van der Waals surface area contributed by atoms with E-state index >= 15 is 0 Å². The number of methoxy groups -OCH3 is 1. The third-order valence-electron chi connectivity index (χ3n) is 3.06. The van der Waals surface area contributed by atoms with Crippen molar-refractivity contribution in [1.82, 2.24) is 4.57 Å². The van der Waals surface area contributed by atoms with Crippen molar-refractivity contribution in [3.63, 3.8) is 0 Å². The van der Waals surface area contributed by atoms with Gasteiger partial charge in [-0.3, -0.25) is 9.59 Å². The minimum atomic E-state index is -0.743. The van der Waals surface area contributed by atoms with Crippen LogP contribution in [0.1, 0.15) is 17.3 Å². The molecule has 0 aliphatic rings. The first kappa shape index (κ1) is 16.0. The molecule has 0 saturated heterocycles. The fraction of sp³-hybridized carbons (Fsp3) is 0.267. The topological polar surface area (TPSA) is 74.6 Å². The lowest BCUT2D eigenvalue weighted by molar-refractivity contribution is -0.141. The van der Waals surface area contributed by atoms with E-state index in [0.29, 0.717) is 10.5 Å². The van der Waals surface area contributed by atoms with Gasteiger partial charge in [0.05, 0.1) is 19.2 Å². The Hall–Kier alpha value is -2.34. The Balaban J connectivity index is 2.71. The number of benzene rings is 1. The molecule has 0 unspecified atom stereocenters. The molecule has 1 aromatic carbocycles. The number of hydrogen-bond acceptors (Lipinski definition) is 5. The van der Waals surface area contributed by atoms with E-state index in [1.54, 1.807) is 19.1 Å². The lowest BCUT2D eigenvalue weighted by Crippen LogP contribution is -2.22. The number of ether oxygens (including phenoxy) is 2. The molecule has 2 aromatic rings. The first-order chi connectivity index (χ1) is 10.5. The molecule has 2 rings (SSSR count). The lowest BCUT2D eigenvalue weighted by Gasteiger charge is -2.12. The monoisotopic (exact) mass is 323 g/mol. The zero-order valence-corrected chi connectivity index (χ0v) is 12.8. The highest BCUT2D eigenvalue weighted by Gasteiger charge is 2.17. The first-order valence-electron chi connectivity index (χ1n) is 6.54. The number of carbonyl (C=O) groups is 2. The summed E-state index contributed by atoms with van der Waals surface area (Å²) in [4.78, 5) is 35.9. The van der Waals surface area contributed by atoms with Crippen LogP contribution in [0.5, 0.6) is 0 Å². The Kier molecular flexibility index (Phi) is 4.82. The van der Waals surface area contributed by atoms with Crippen molar-refractivity contribution in [3.8, 4) is 0 Å². The summed E-state index contributed by atoms with van der Waals surface area (Å²) in [7, 11) is 1.26. The molecule has 0 N–H and O–H groups in total. The predicted octanol–water partition coefficient (Wildman–Crippen LogP) is 2.00. The maximum atomic E-state index is 12.4. The number of fused-ring (bicyclic) bond motifs is 1. The van der Waals surface area contributed by atoms with Crippen molar-refractivity contribution in [2.24, 2.45) is 0 Å². The largest absolute Gasteiger partial charge is 0.468 e. The van der Waals surface area contributed by atoms with E-state index in [9.17, 15) is 14.4 Å². The number of aromatic nitrogens is 1. The summed E-state index contributed by atoms with van der Waals surface area (Å²) in [6, 6.07) is 4.66. The van der Waals surface area contributed by atoms with E-state index < -0.39 is 17.4 Å². The number of hydrogen-bond donors (Lipinski definition) is 0. The van der Waals surface area contributed by atoms with Crippen molar-refractivity contribution in [2.75, 3.05) is 13.7 Å². The second-order valence-electron chi connectivity index (χ2n) is 4.46. The quantitative estimate of drug-likeness (QED) is 0.805. The molecule has 0 saturated carbocycles. The van der Waals surface area contributed by atoms with Crippen LogP contribution in [0.25, 0.3) is 10.9 Å². The van der Waals surface area contributed by atoms with Crippen LogP contribution in [0.15, 0.2) is 29.2 Å². The molecule has 0 amide bonds. The van der Waals surface area contributed by atoms with Gasteiger partial charge < -0.3 is 14.0 Å². The molecule has 1 heterocycles. The summed E-state index contributed by atoms with van der Waals surface area (Å²) in [6.45, 7) is 1.65. The van der Waals surface area contributed by atoms with E-state index in [4.69, 9.17) is 16.3 Å². The predicted molar refractivity (Wildman–Crippen MR) is 81.2 cm³/mol. The van der Waals surface area contributed by atoms with Crippen LogP contribution in [-0.2, 0) is 20.8 Å². The molecule has 0 aliphatic heterocycles. The number of halogens is 1. The van der Waals surface area contributed by atoms with Gasteiger partial charge in [-0.05, 0) is 25.1 Å². The molecule has 0 fully saturated rings. The molecule has 6 nitrogen and oxygen atoms in total.